The first-order valence-corrected chi connectivity index (χ1v) is 9.99. The second-order valence-corrected chi connectivity index (χ2v) is 8.07. The van der Waals surface area contributed by atoms with Crippen LogP contribution >= 0.6 is 11.8 Å². The molecule has 6 nitrogen and oxygen atoms in total. The second-order valence-electron chi connectivity index (χ2n) is 7.07. The molecule has 2 aromatic rings. The Morgan fingerprint density at radius 3 is 2.54 bits per heavy atom. The highest BCUT2D eigenvalue weighted by Gasteiger charge is 2.40. The molecular weight excluding hydrogens is 391 g/mol. The van der Waals surface area contributed by atoms with Crippen molar-refractivity contribution in [3.05, 3.63) is 29.6 Å². The second kappa shape index (κ2) is 8.10. The van der Waals surface area contributed by atoms with Crippen molar-refractivity contribution < 1.29 is 18.0 Å². The van der Waals surface area contributed by atoms with Crippen molar-refractivity contribution in [3.8, 4) is 5.82 Å². The number of thioether (sulfide) groups is 1. The van der Waals surface area contributed by atoms with Crippen LogP contribution < -0.4 is 0 Å². The predicted octanol–water partition coefficient (Wildman–Crippen LogP) is 3.56. The number of aromatic nitrogens is 4. The Hall–Kier alpha value is -2.10. The van der Waals surface area contributed by atoms with E-state index >= 15 is 0 Å². The summed E-state index contributed by atoms with van der Waals surface area (Å²) in [5.74, 6) is 0.0609. The highest BCUT2D eigenvalue weighted by molar-refractivity contribution is 7.99. The smallest absolute Gasteiger partial charge is 0.330 e. The summed E-state index contributed by atoms with van der Waals surface area (Å²) in [5.41, 5.74) is 1.78. The van der Waals surface area contributed by atoms with Crippen LogP contribution in [-0.2, 0) is 4.79 Å². The van der Waals surface area contributed by atoms with Crippen molar-refractivity contribution in [3.63, 3.8) is 0 Å². The molecule has 1 atom stereocenters. The number of nitrogens with zero attached hydrogens (tertiary/aromatic N) is 5. The summed E-state index contributed by atoms with van der Waals surface area (Å²) in [7, 11) is 0. The van der Waals surface area contributed by atoms with Crippen LogP contribution in [0.15, 0.2) is 23.2 Å². The number of aryl methyl sites for hydroxylation is 2. The molecule has 0 aliphatic heterocycles. The maximum absolute atomic E-state index is 12.9. The molecule has 28 heavy (non-hydrogen) atoms. The van der Waals surface area contributed by atoms with Crippen LogP contribution in [0.4, 0.5) is 13.2 Å². The zero-order valence-corrected chi connectivity index (χ0v) is 16.7. The fourth-order valence-electron chi connectivity index (χ4n) is 3.07. The van der Waals surface area contributed by atoms with Crippen molar-refractivity contribution in [1.82, 2.24) is 24.9 Å². The lowest BCUT2D eigenvalue weighted by Crippen LogP contribution is -2.46. The third kappa shape index (κ3) is 5.24. The number of alkyl halides is 3. The maximum atomic E-state index is 12.9. The summed E-state index contributed by atoms with van der Waals surface area (Å²) >= 11 is 1.08. The van der Waals surface area contributed by atoms with Crippen molar-refractivity contribution in [2.75, 3.05) is 12.3 Å². The van der Waals surface area contributed by atoms with Crippen molar-refractivity contribution in [2.45, 2.75) is 50.9 Å². The van der Waals surface area contributed by atoms with Gasteiger partial charge < -0.3 is 4.90 Å². The summed E-state index contributed by atoms with van der Waals surface area (Å²) in [6, 6.07) is 4.92. The Balaban J connectivity index is 1.63. The molecule has 3 rings (SSSR count). The molecular formula is C18H22F3N5OS. The largest absolute Gasteiger partial charge is 0.406 e. The first-order valence-electron chi connectivity index (χ1n) is 9.00. The molecule has 1 aliphatic rings. The quantitative estimate of drug-likeness (QED) is 0.650. The number of amides is 1. The third-order valence-corrected chi connectivity index (χ3v) is 5.57. The van der Waals surface area contributed by atoms with Gasteiger partial charge >= 0.3 is 6.18 Å². The van der Waals surface area contributed by atoms with E-state index in [1.165, 1.54) is 0 Å². The van der Waals surface area contributed by atoms with E-state index in [4.69, 9.17) is 0 Å². The molecule has 0 aromatic carbocycles. The lowest BCUT2D eigenvalue weighted by Gasteiger charge is -2.30. The molecule has 0 saturated heterocycles. The zero-order valence-electron chi connectivity index (χ0n) is 15.9. The van der Waals surface area contributed by atoms with Crippen LogP contribution in [0.3, 0.4) is 0 Å². The lowest BCUT2D eigenvalue weighted by molar-refractivity contribution is -0.164. The van der Waals surface area contributed by atoms with Crippen molar-refractivity contribution >= 4 is 17.7 Å². The number of rotatable bonds is 7. The molecule has 1 aliphatic carbocycles. The minimum absolute atomic E-state index is 0.110. The third-order valence-electron chi connectivity index (χ3n) is 4.66. The average Bonchev–Trinajstić information content (AvgIpc) is 3.41. The van der Waals surface area contributed by atoms with E-state index in [1.54, 1.807) is 23.7 Å². The Kier molecular flexibility index (Phi) is 5.97. The van der Waals surface area contributed by atoms with E-state index in [1.807, 2.05) is 19.9 Å². The molecule has 0 N–H and O–H groups in total. The zero-order chi connectivity index (χ0) is 20.5. The maximum Gasteiger partial charge on any atom is 0.406 e. The molecule has 0 unspecified atom stereocenters. The van der Waals surface area contributed by atoms with Crippen molar-refractivity contribution in [2.24, 2.45) is 5.92 Å². The number of halogens is 3. The van der Waals surface area contributed by atoms with Gasteiger partial charge in [0.15, 0.2) is 5.82 Å². The van der Waals surface area contributed by atoms with Crippen molar-refractivity contribution in [1.29, 1.82) is 0 Å². The molecule has 2 heterocycles. The summed E-state index contributed by atoms with van der Waals surface area (Å²) < 4.78 is 40.3. The van der Waals surface area contributed by atoms with Crippen LogP contribution in [0.5, 0.6) is 0 Å². The Bertz CT molecular complexity index is 833. The Morgan fingerprint density at radius 1 is 1.32 bits per heavy atom. The fourth-order valence-corrected chi connectivity index (χ4v) is 3.77. The van der Waals surface area contributed by atoms with Crippen LogP contribution in [0.1, 0.15) is 31.2 Å². The Labute approximate surface area is 165 Å². The van der Waals surface area contributed by atoms with Gasteiger partial charge in [0, 0.05) is 11.7 Å². The van der Waals surface area contributed by atoms with E-state index in [9.17, 15) is 18.0 Å². The van der Waals surface area contributed by atoms with E-state index in [2.05, 4.69) is 15.3 Å². The summed E-state index contributed by atoms with van der Waals surface area (Å²) in [5, 5.41) is 13.0. The highest BCUT2D eigenvalue weighted by Crippen LogP contribution is 2.36. The Morgan fingerprint density at radius 2 is 2.04 bits per heavy atom. The highest BCUT2D eigenvalue weighted by atomic mass is 32.2. The summed E-state index contributed by atoms with van der Waals surface area (Å²) in [6.07, 6.45) is -2.67. The van der Waals surface area contributed by atoms with Gasteiger partial charge in [-0.2, -0.15) is 18.3 Å². The number of hydrogen-bond acceptors (Lipinski definition) is 5. The van der Waals surface area contributed by atoms with Crippen LogP contribution in [0.2, 0.25) is 0 Å². The van der Waals surface area contributed by atoms with E-state index in [0.717, 1.165) is 40.9 Å². The summed E-state index contributed by atoms with van der Waals surface area (Å²) in [4.78, 5) is 13.4. The van der Waals surface area contributed by atoms with Gasteiger partial charge in [-0.1, -0.05) is 11.8 Å². The fraction of sp³-hybridized carbons (Fsp3) is 0.556. The van der Waals surface area contributed by atoms with Crippen LogP contribution in [-0.4, -0.2) is 55.3 Å². The topological polar surface area (TPSA) is 63.9 Å². The molecule has 1 fully saturated rings. The standard InChI is InChI=1S/C18H22F3N5OS/c1-11-8-12(2)26(24-11)15-6-7-16(23-22-15)28-9-17(27)25(10-18(19,20)21)13(3)14-4-5-14/h6-8,13-14H,4-5,9-10H2,1-3H3/t13-/m0/s1. The van der Waals surface area contributed by atoms with Gasteiger partial charge in [0.05, 0.1) is 11.4 Å². The minimum atomic E-state index is -4.41. The average molecular weight is 413 g/mol. The molecule has 1 saturated carbocycles. The van der Waals surface area contributed by atoms with Crippen LogP contribution in [0, 0.1) is 19.8 Å². The van der Waals surface area contributed by atoms with E-state index in [-0.39, 0.29) is 11.7 Å². The van der Waals surface area contributed by atoms with Gasteiger partial charge in [-0.05, 0) is 57.7 Å². The monoisotopic (exact) mass is 413 g/mol. The summed E-state index contributed by atoms with van der Waals surface area (Å²) in [6.45, 7) is 4.25. The van der Waals surface area contributed by atoms with Gasteiger partial charge in [0.2, 0.25) is 5.91 Å². The van der Waals surface area contributed by atoms with Gasteiger partial charge in [0.1, 0.15) is 11.6 Å². The normalized spacial score (nSPS) is 15.5. The molecule has 1 amide bonds. The first kappa shape index (κ1) is 20.6. The molecule has 0 radical (unpaired) electrons. The number of hydrogen-bond donors (Lipinski definition) is 0. The van der Waals surface area contributed by atoms with E-state index < -0.39 is 24.7 Å². The molecule has 0 bridgehead atoms. The molecule has 10 heteroatoms. The first-order chi connectivity index (χ1) is 13.1. The lowest BCUT2D eigenvalue weighted by atomic mass is 10.2. The van der Waals surface area contributed by atoms with Gasteiger partial charge in [0.25, 0.3) is 0 Å². The van der Waals surface area contributed by atoms with Gasteiger partial charge in [-0.15, -0.1) is 10.2 Å². The minimum Gasteiger partial charge on any atom is -0.330 e. The van der Waals surface area contributed by atoms with E-state index in [0.29, 0.717) is 10.8 Å². The van der Waals surface area contributed by atoms with Gasteiger partial charge in [-0.25, -0.2) is 4.68 Å². The van der Waals surface area contributed by atoms with Crippen LogP contribution in [0.25, 0.3) is 5.82 Å². The number of carbonyl (C=O) groups excluding carboxylic acids is 1. The predicted molar refractivity (Wildman–Crippen MR) is 99.3 cm³/mol. The molecule has 0 spiro atoms. The molecule has 2 aromatic heterocycles. The molecule has 152 valence electrons. The van der Waals surface area contributed by atoms with Gasteiger partial charge in [-0.3, -0.25) is 4.79 Å². The number of carbonyl (C=O) groups is 1. The SMILES string of the molecule is Cc1cc(C)n(-c2ccc(SCC(=O)N(CC(F)(F)F)[C@@H](C)C3CC3)nn2)n1.